The van der Waals surface area contributed by atoms with E-state index in [1.807, 2.05) is 33.0 Å². The van der Waals surface area contributed by atoms with Crippen LogP contribution in [0.5, 0.6) is 0 Å². The Hall–Kier alpha value is -1.36. The van der Waals surface area contributed by atoms with Crippen molar-refractivity contribution in [3.8, 4) is 0 Å². The van der Waals surface area contributed by atoms with E-state index in [-0.39, 0.29) is 18.0 Å². The van der Waals surface area contributed by atoms with Gasteiger partial charge in [0.25, 0.3) is 0 Å². The number of aromatic nitrogens is 2. The summed E-state index contributed by atoms with van der Waals surface area (Å²) in [5.74, 6) is -0.339. The molecule has 0 saturated heterocycles. The highest BCUT2D eigenvalue weighted by molar-refractivity contribution is 5.80. The molecule has 1 amide bonds. The first kappa shape index (κ1) is 12.7. The van der Waals surface area contributed by atoms with Gasteiger partial charge < -0.3 is 11.1 Å². The van der Waals surface area contributed by atoms with Gasteiger partial charge in [-0.1, -0.05) is 6.92 Å². The van der Waals surface area contributed by atoms with Gasteiger partial charge >= 0.3 is 0 Å². The average Bonchev–Trinajstić information content (AvgIpc) is 2.64. The van der Waals surface area contributed by atoms with Crippen LogP contribution < -0.4 is 11.1 Å². The summed E-state index contributed by atoms with van der Waals surface area (Å²) in [6, 6.07) is 1.46. The second-order valence-electron chi connectivity index (χ2n) is 4.01. The molecule has 0 aliphatic carbocycles. The Morgan fingerprint density at radius 1 is 1.69 bits per heavy atom. The third kappa shape index (κ3) is 3.06. The van der Waals surface area contributed by atoms with Crippen molar-refractivity contribution in [1.29, 1.82) is 0 Å². The molecule has 2 atom stereocenters. The van der Waals surface area contributed by atoms with Crippen molar-refractivity contribution in [2.75, 3.05) is 6.54 Å². The number of nitrogens with one attached hydrogen (secondary N) is 1. The molecule has 0 spiro atoms. The zero-order chi connectivity index (χ0) is 12.1. The van der Waals surface area contributed by atoms with E-state index in [9.17, 15) is 4.79 Å². The molecule has 0 radical (unpaired) electrons. The van der Waals surface area contributed by atoms with E-state index in [0.29, 0.717) is 0 Å². The number of primary amides is 1. The normalized spacial score (nSPS) is 14.7. The maximum Gasteiger partial charge on any atom is 0.236 e. The fraction of sp³-hybridized carbons (Fsp3) is 0.636. The van der Waals surface area contributed by atoms with Crippen molar-refractivity contribution in [3.63, 3.8) is 0 Å². The second kappa shape index (κ2) is 5.65. The summed E-state index contributed by atoms with van der Waals surface area (Å²) in [6.07, 6.45) is 2.83. The standard InChI is InChI=1S/C11H20N4O/c1-4-6-13-10(11(12)16)9(3)15-7-5-8(2)14-15/h5,7,9-10,13H,4,6H2,1-3H3,(H2,12,16). The Labute approximate surface area is 96.0 Å². The van der Waals surface area contributed by atoms with Crippen LogP contribution in [0.1, 0.15) is 32.0 Å². The minimum Gasteiger partial charge on any atom is -0.368 e. The summed E-state index contributed by atoms with van der Waals surface area (Å²) in [7, 11) is 0. The topological polar surface area (TPSA) is 72.9 Å². The largest absolute Gasteiger partial charge is 0.368 e. The van der Waals surface area contributed by atoms with Crippen molar-refractivity contribution >= 4 is 5.91 Å². The van der Waals surface area contributed by atoms with Gasteiger partial charge in [0.05, 0.1) is 11.7 Å². The first-order valence-electron chi connectivity index (χ1n) is 5.60. The first-order valence-corrected chi connectivity index (χ1v) is 5.60. The van der Waals surface area contributed by atoms with Crippen LogP contribution in [0.2, 0.25) is 0 Å². The Morgan fingerprint density at radius 2 is 2.38 bits per heavy atom. The molecule has 16 heavy (non-hydrogen) atoms. The Kier molecular flexibility index (Phi) is 4.49. The molecule has 1 aromatic heterocycles. The molecule has 0 aliphatic rings. The molecule has 2 unspecified atom stereocenters. The SMILES string of the molecule is CCCNC(C(N)=O)C(C)n1ccc(C)n1. The van der Waals surface area contributed by atoms with E-state index < -0.39 is 0 Å². The second-order valence-corrected chi connectivity index (χ2v) is 4.01. The van der Waals surface area contributed by atoms with E-state index >= 15 is 0 Å². The van der Waals surface area contributed by atoms with Crippen LogP contribution in [0.3, 0.4) is 0 Å². The lowest BCUT2D eigenvalue weighted by Crippen LogP contribution is -2.46. The molecular formula is C11H20N4O. The molecule has 5 nitrogen and oxygen atoms in total. The zero-order valence-corrected chi connectivity index (χ0v) is 10.1. The highest BCUT2D eigenvalue weighted by atomic mass is 16.1. The van der Waals surface area contributed by atoms with Crippen LogP contribution >= 0.6 is 0 Å². The molecule has 1 rings (SSSR count). The molecule has 3 N–H and O–H groups in total. The number of rotatable bonds is 6. The van der Waals surface area contributed by atoms with Crippen molar-refractivity contribution in [1.82, 2.24) is 15.1 Å². The predicted octanol–water partition coefficient (Wildman–Crippen LogP) is 0.606. The van der Waals surface area contributed by atoms with Gasteiger partial charge in [-0.15, -0.1) is 0 Å². The fourth-order valence-corrected chi connectivity index (χ4v) is 1.62. The summed E-state index contributed by atoms with van der Waals surface area (Å²) in [6.45, 7) is 6.68. The smallest absolute Gasteiger partial charge is 0.236 e. The molecule has 0 bridgehead atoms. The van der Waals surface area contributed by atoms with Gasteiger partial charge in [-0.25, -0.2) is 0 Å². The third-order valence-electron chi connectivity index (χ3n) is 2.56. The van der Waals surface area contributed by atoms with Gasteiger partial charge in [0.2, 0.25) is 5.91 Å². The van der Waals surface area contributed by atoms with E-state index in [1.165, 1.54) is 0 Å². The zero-order valence-electron chi connectivity index (χ0n) is 10.1. The van der Waals surface area contributed by atoms with Crippen LogP contribution in [0.15, 0.2) is 12.3 Å². The maximum absolute atomic E-state index is 11.3. The van der Waals surface area contributed by atoms with E-state index in [2.05, 4.69) is 10.4 Å². The summed E-state index contributed by atoms with van der Waals surface area (Å²) < 4.78 is 1.77. The molecule has 1 aromatic rings. The van der Waals surface area contributed by atoms with Gasteiger partial charge in [-0.2, -0.15) is 5.10 Å². The number of carbonyl (C=O) groups is 1. The highest BCUT2D eigenvalue weighted by Crippen LogP contribution is 2.10. The minimum atomic E-state index is -0.376. The summed E-state index contributed by atoms with van der Waals surface area (Å²) >= 11 is 0. The van der Waals surface area contributed by atoms with Gasteiger partial charge in [-0.3, -0.25) is 9.48 Å². The number of nitrogens with two attached hydrogens (primary N) is 1. The van der Waals surface area contributed by atoms with Crippen molar-refractivity contribution in [2.24, 2.45) is 5.73 Å². The number of aryl methyl sites for hydroxylation is 1. The van der Waals surface area contributed by atoms with Gasteiger partial charge in [0.1, 0.15) is 6.04 Å². The van der Waals surface area contributed by atoms with Crippen LogP contribution in [-0.2, 0) is 4.79 Å². The quantitative estimate of drug-likeness (QED) is 0.743. The lowest BCUT2D eigenvalue weighted by Gasteiger charge is -2.22. The molecule has 5 heteroatoms. The monoisotopic (exact) mass is 224 g/mol. The van der Waals surface area contributed by atoms with Crippen LogP contribution in [0.4, 0.5) is 0 Å². The molecule has 1 heterocycles. The molecule has 0 aromatic carbocycles. The van der Waals surface area contributed by atoms with Crippen LogP contribution in [-0.4, -0.2) is 28.3 Å². The Morgan fingerprint density at radius 3 is 2.81 bits per heavy atom. The predicted molar refractivity (Wildman–Crippen MR) is 63.0 cm³/mol. The number of amides is 1. The van der Waals surface area contributed by atoms with Crippen molar-refractivity contribution < 1.29 is 4.79 Å². The summed E-state index contributed by atoms with van der Waals surface area (Å²) in [4.78, 5) is 11.3. The van der Waals surface area contributed by atoms with Gasteiger partial charge in [-0.05, 0) is 32.9 Å². The lowest BCUT2D eigenvalue weighted by atomic mass is 10.1. The van der Waals surface area contributed by atoms with E-state index in [0.717, 1.165) is 18.7 Å². The molecule has 0 fully saturated rings. The molecule has 0 aliphatic heterocycles. The molecule has 90 valence electrons. The Bertz CT molecular complexity index is 348. The highest BCUT2D eigenvalue weighted by Gasteiger charge is 2.23. The fourth-order valence-electron chi connectivity index (χ4n) is 1.62. The van der Waals surface area contributed by atoms with E-state index in [4.69, 9.17) is 5.73 Å². The molecular weight excluding hydrogens is 204 g/mol. The van der Waals surface area contributed by atoms with Crippen LogP contribution in [0.25, 0.3) is 0 Å². The van der Waals surface area contributed by atoms with Crippen LogP contribution in [0, 0.1) is 6.92 Å². The number of hydrogen-bond donors (Lipinski definition) is 2. The maximum atomic E-state index is 11.3. The minimum absolute atomic E-state index is 0.0715. The lowest BCUT2D eigenvalue weighted by molar-refractivity contribution is -0.121. The molecule has 0 saturated carbocycles. The Balaban J connectivity index is 2.74. The summed E-state index contributed by atoms with van der Waals surface area (Å²) in [5.41, 5.74) is 6.32. The summed E-state index contributed by atoms with van der Waals surface area (Å²) in [5, 5.41) is 7.43. The number of hydrogen-bond acceptors (Lipinski definition) is 3. The van der Waals surface area contributed by atoms with E-state index in [1.54, 1.807) is 4.68 Å². The van der Waals surface area contributed by atoms with Crippen molar-refractivity contribution in [3.05, 3.63) is 18.0 Å². The average molecular weight is 224 g/mol. The van der Waals surface area contributed by atoms with Gasteiger partial charge in [0, 0.05) is 6.20 Å². The number of nitrogens with zero attached hydrogens (tertiary/aromatic N) is 2. The first-order chi connectivity index (χ1) is 7.56. The van der Waals surface area contributed by atoms with Gasteiger partial charge in [0.15, 0.2) is 0 Å². The number of carbonyl (C=O) groups excluding carboxylic acids is 1. The third-order valence-corrected chi connectivity index (χ3v) is 2.56. The van der Waals surface area contributed by atoms with Crippen molar-refractivity contribution in [2.45, 2.75) is 39.3 Å².